The number of phenolic OH excluding ortho intramolecular Hbond substituents is 1. The molecule has 114 valence electrons. The highest BCUT2D eigenvalue weighted by atomic mass is 79.9. The van der Waals surface area contributed by atoms with E-state index in [-0.39, 0.29) is 11.8 Å². The summed E-state index contributed by atoms with van der Waals surface area (Å²) in [7, 11) is 0. The van der Waals surface area contributed by atoms with Gasteiger partial charge in [-0.25, -0.2) is 4.68 Å². The van der Waals surface area contributed by atoms with Gasteiger partial charge in [-0.1, -0.05) is 40.2 Å². The molecule has 23 heavy (non-hydrogen) atoms. The molecule has 2 N–H and O–H groups in total. The Kier molecular flexibility index (Phi) is 3.38. The topological polar surface area (TPSA) is 63.0 Å². The van der Waals surface area contributed by atoms with Crippen molar-refractivity contribution in [2.45, 2.75) is 6.04 Å². The number of benzene rings is 2. The molecule has 5 nitrogen and oxygen atoms in total. The second kappa shape index (κ2) is 5.55. The van der Waals surface area contributed by atoms with Gasteiger partial charge in [0.25, 0.3) is 0 Å². The molecule has 2 heterocycles. The molecular weight excluding hydrogens is 356 g/mol. The number of anilines is 1. The van der Waals surface area contributed by atoms with Crippen LogP contribution in [0.25, 0.3) is 5.70 Å². The first kappa shape index (κ1) is 14.0. The molecule has 0 saturated heterocycles. The molecule has 1 aromatic heterocycles. The number of aromatic nitrogens is 3. The van der Waals surface area contributed by atoms with Crippen molar-refractivity contribution in [1.29, 1.82) is 0 Å². The lowest BCUT2D eigenvalue weighted by atomic mass is 10.0. The van der Waals surface area contributed by atoms with Gasteiger partial charge in [-0.2, -0.15) is 10.1 Å². The Morgan fingerprint density at radius 1 is 1.09 bits per heavy atom. The molecule has 0 fully saturated rings. The van der Waals surface area contributed by atoms with Crippen molar-refractivity contribution in [2.24, 2.45) is 0 Å². The van der Waals surface area contributed by atoms with Gasteiger partial charge in [-0.3, -0.25) is 0 Å². The minimum Gasteiger partial charge on any atom is -0.507 e. The lowest BCUT2D eigenvalue weighted by molar-refractivity contribution is 0.473. The van der Waals surface area contributed by atoms with E-state index in [9.17, 15) is 5.11 Å². The quantitative estimate of drug-likeness (QED) is 0.721. The van der Waals surface area contributed by atoms with Gasteiger partial charge in [0.15, 0.2) is 0 Å². The summed E-state index contributed by atoms with van der Waals surface area (Å²) < 4.78 is 2.85. The fraction of sp³-hybridized carbons (Fsp3) is 0.0588. The molecule has 0 amide bonds. The number of rotatable bonds is 2. The predicted molar refractivity (Wildman–Crippen MR) is 92.0 cm³/mol. The van der Waals surface area contributed by atoms with Gasteiger partial charge in [0.2, 0.25) is 5.95 Å². The van der Waals surface area contributed by atoms with Crippen LogP contribution in [0.1, 0.15) is 17.2 Å². The van der Waals surface area contributed by atoms with E-state index in [1.807, 2.05) is 47.2 Å². The van der Waals surface area contributed by atoms with E-state index in [1.54, 1.807) is 12.1 Å². The van der Waals surface area contributed by atoms with Crippen molar-refractivity contribution >= 4 is 27.6 Å². The van der Waals surface area contributed by atoms with Crippen LogP contribution in [0.3, 0.4) is 0 Å². The Bertz CT molecular complexity index is 886. The molecule has 0 spiro atoms. The third-order valence-electron chi connectivity index (χ3n) is 3.81. The molecule has 0 aliphatic carbocycles. The highest BCUT2D eigenvalue weighted by Gasteiger charge is 2.24. The standard InChI is InChI=1S/C17H13BrN4O/c18-12-7-5-11(6-8-12)15-9-14(13-3-1-2-4-16(13)23)21-17-19-10-20-22(15)17/h1-10,15,23H,(H,19,20,21)/t15-/m1/s1. The number of halogens is 1. The predicted octanol–water partition coefficient (Wildman–Crippen LogP) is 3.80. The van der Waals surface area contributed by atoms with E-state index in [1.165, 1.54) is 6.33 Å². The number of fused-ring (bicyclic) bond motifs is 1. The van der Waals surface area contributed by atoms with Gasteiger partial charge < -0.3 is 10.4 Å². The van der Waals surface area contributed by atoms with Crippen LogP contribution in [0.5, 0.6) is 5.75 Å². The summed E-state index contributed by atoms with van der Waals surface area (Å²) >= 11 is 3.46. The number of allylic oxidation sites excluding steroid dienone is 1. The summed E-state index contributed by atoms with van der Waals surface area (Å²) in [5.74, 6) is 0.882. The lowest BCUT2D eigenvalue weighted by Gasteiger charge is -2.24. The second-order valence-corrected chi connectivity index (χ2v) is 6.16. The maximum atomic E-state index is 10.1. The minimum absolute atomic E-state index is 0.0866. The van der Waals surface area contributed by atoms with Crippen molar-refractivity contribution in [3.05, 3.63) is 76.5 Å². The van der Waals surface area contributed by atoms with Crippen molar-refractivity contribution in [3.63, 3.8) is 0 Å². The molecule has 6 heteroatoms. The highest BCUT2D eigenvalue weighted by molar-refractivity contribution is 9.10. The van der Waals surface area contributed by atoms with Crippen LogP contribution in [-0.2, 0) is 0 Å². The normalized spacial score (nSPS) is 16.4. The van der Waals surface area contributed by atoms with E-state index < -0.39 is 0 Å². The number of aromatic hydroxyl groups is 1. The van der Waals surface area contributed by atoms with Gasteiger partial charge in [-0.05, 0) is 35.9 Å². The van der Waals surface area contributed by atoms with Crippen LogP contribution in [0.2, 0.25) is 0 Å². The maximum Gasteiger partial charge on any atom is 0.226 e. The minimum atomic E-state index is -0.0866. The molecular formula is C17H13BrN4O. The number of nitrogens with zero attached hydrogens (tertiary/aromatic N) is 3. The number of phenols is 1. The molecule has 1 aliphatic rings. The van der Waals surface area contributed by atoms with Gasteiger partial charge in [-0.15, -0.1) is 0 Å². The van der Waals surface area contributed by atoms with Crippen molar-refractivity contribution in [2.75, 3.05) is 5.32 Å². The average Bonchev–Trinajstić information content (AvgIpc) is 3.04. The zero-order valence-corrected chi connectivity index (χ0v) is 13.6. The van der Waals surface area contributed by atoms with E-state index in [0.717, 1.165) is 21.3 Å². The lowest BCUT2D eigenvalue weighted by Crippen LogP contribution is -2.20. The molecule has 2 aromatic carbocycles. The second-order valence-electron chi connectivity index (χ2n) is 5.25. The first-order valence-electron chi connectivity index (χ1n) is 7.14. The summed E-state index contributed by atoms with van der Waals surface area (Å²) in [6.45, 7) is 0. The van der Waals surface area contributed by atoms with Gasteiger partial charge in [0, 0.05) is 10.0 Å². The van der Waals surface area contributed by atoms with Crippen LogP contribution < -0.4 is 5.32 Å². The van der Waals surface area contributed by atoms with E-state index in [4.69, 9.17) is 0 Å². The van der Waals surface area contributed by atoms with Crippen LogP contribution in [0.4, 0.5) is 5.95 Å². The molecule has 1 aliphatic heterocycles. The molecule has 4 rings (SSSR count). The maximum absolute atomic E-state index is 10.1. The molecule has 0 unspecified atom stereocenters. The Morgan fingerprint density at radius 2 is 1.87 bits per heavy atom. The SMILES string of the molecule is Oc1ccccc1C1=C[C@H](c2ccc(Br)cc2)n2ncnc2N1. The van der Waals surface area contributed by atoms with Gasteiger partial charge in [0.05, 0.1) is 5.70 Å². The number of nitrogens with one attached hydrogen (secondary N) is 1. The third-order valence-corrected chi connectivity index (χ3v) is 4.34. The van der Waals surface area contributed by atoms with E-state index >= 15 is 0 Å². The van der Waals surface area contributed by atoms with Crippen LogP contribution >= 0.6 is 15.9 Å². The summed E-state index contributed by atoms with van der Waals surface area (Å²) in [5, 5.41) is 17.7. The summed E-state index contributed by atoms with van der Waals surface area (Å²) in [5.41, 5.74) is 2.65. The average molecular weight is 369 g/mol. The Balaban J connectivity index is 1.83. The highest BCUT2D eigenvalue weighted by Crippen LogP contribution is 2.34. The van der Waals surface area contributed by atoms with Crippen LogP contribution in [-0.4, -0.2) is 19.9 Å². The number of hydrogen-bond acceptors (Lipinski definition) is 4. The Labute approximate surface area is 141 Å². The monoisotopic (exact) mass is 368 g/mol. The smallest absolute Gasteiger partial charge is 0.226 e. The summed E-state index contributed by atoms with van der Waals surface area (Å²) in [6, 6.07) is 15.3. The van der Waals surface area contributed by atoms with Gasteiger partial charge >= 0.3 is 0 Å². The van der Waals surface area contributed by atoms with Crippen molar-refractivity contribution < 1.29 is 5.11 Å². The first-order valence-corrected chi connectivity index (χ1v) is 7.94. The molecule has 0 bridgehead atoms. The summed E-state index contributed by atoms with van der Waals surface area (Å²) in [4.78, 5) is 4.26. The number of hydrogen-bond donors (Lipinski definition) is 2. The summed E-state index contributed by atoms with van der Waals surface area (Å²) in [6.07, 6.45) is 3.57. The van der Waals surface area contributed by atoms with Crippen LogP contribution in [0.15, 0.2) is 65.4 Å². The van der Waals surface area contributed by atoms with Crippen LogP contribution in [0, 0.1) is 0 Å². The van der Waals surface area contributed by atoms with Crippen molar-refractivity contribution in [1.82, 2.24) is 14.8 Å². The molecule has 1 atom stereocenters. The number of para-hydroxylation sites is 1. The molecule has 0 saturated carbocycles. The fourth-order valence-corrected chi connectivity index (χ4v) is 2.95. The first-order chi connectivity index (χ1) is 11.2. The van der Waals surface area contributed by atoms with E-state index in [2.05, 4.69) is 31.3 Å². The third kappa shape index (κ3) is 2.51. The zero-order chi connectivity index (χ0) is 15.8. The molecule has 0 radical (unpaired) electrons. The Morgan fingerprint density at radius 3 is 2.65 bits per heavy atom. The van der Waals surface area contributed by atoms with Crippen molar-refractivity contribution in [3.8, 4) is 5.75 Å². The fourth-order valence-electron chi connectivity index (χ4n) is 2.69. The van der Waals surface area contributed by atoms with Gasteiger partial charge in [0.1, 0.15) is 18.1 Å². The van der Waals surface area contributed by atoms with E-state index in [0.29, 0.717) is 5.95 Å². The zero-order valence-electron chi connectivity index (χ0n) is 12.0. The Hall–Kier alpha value is -2.60. The largest absolute Gasteiger partial charge is 0.507 e. The molecule has 3 aromatic rings.